The van der Waals surface area contributed by atoms with Gasteiger partial charge in [-0.2, -0.15) is 0 Å². The molecule has 1 aromatic carbocycles. The zero-order valence-corrected chi connectivity index (χ0v) is 11.8. The molecule has 2 heterocycles. The molecule has 1 atom stereocenters. The SMILES string of the molecule is CC(=O)N[C@H](C)c1nccc2c1[nH]c1ccc(C)cc12. The fourth-order valence-corrected chi connectivity index (χ4v) is 2.66. The quantitative estimate of drug-likeness (QED) is 0.749. The first-order valence-corrected chi connectivity index (χ1v) is 6.70. The van der Waals surface area contributed by atoms with Crippen molar-refractivity contribution in [3.63, 3.8) is 0 Å². The van der Waals surface area contributed by atoms with Gasteiger partial charge in [0.05, 0.1) is 17.3 Å². The Morgan fingerprint density at radius 1 is 1.30 bits per heavy atom. The molecule has 0 saturated carbocycles. The first-order chi connectivity index (χ1) is 9.56. The third kappa shape index (κ3) is 2.03. The lowest BCUT2D eigenvalue weighted by molar-refractivity contribution is -0.119. The Hall–Kier alpha value is -2.36. The maximum atomic E-state index is 11.2. The zero-order valence-electron chi connectivity index (χ0n) is 11.8. The number of carbonyl (C=O) groups excluding carboxylic acids is 1. The highest BCUT2D eigenvalue weighted by Crippen LogP contribution is 2.29. The van der Waals surface area contributed by atoms with Crippen LogP contribution in [0.25, 0.3) is 21.8 Å². The van der Waals surface area contributed by atoms with E-state index in [2.05, 4.69) is 40.4 Å². The lowest BCUT2D eigenvalue weighted by Gasteiger charge is -2.12. The molecule has 0 unspecified atom stereocenters. The predicted molar refractivity (Wildman–Crippen MR) is 80.6 cm³/mol. The summed E-state index contributed by atoms with van der Waals surface area (Å²) in [5.41, 5.74) is 4.18. The summed E-state index contributed by atoms with van der Waals surface area (Å²) >= 11 is 0. The van der Waals surface area contributed by atoms with Gasteiger partial charge in [0, 0.05) is 29.4 Å². The van der Waals surface area contributed by atoms with Gasteiger partial charge in [-0.15, -0.1) is 0 Å². The molecular formula is C16H17N3O. The van der Waals surface area contributed by atoms with Crippen LogP contribution in [0.3, 0.4) is 0 Å². The van der Waals surface area contributed by atoms with Gasteiger partial charge in [-0.25, -0.2) is 0 Å². The van der Waals surface area contributed by atoms with E-state index in [4.69, 9.17) is 0 Å². The van der Waals surface area contributed by atoms with Crippen LogP contribution < -0.4 is 5.32 Å². The Balaban J connectivity index is 2.24. The van der Waals surface area contributed by atoms with E-state index in [9.17, 15) is 4.79 Å². The summed E-state index contributed by atoms with van der Waals surface area (Å²) in [7, 11) is 0. The summed E-state index contributed by atoms with van der Waals surface area (Å²) in [5.74, 6) is -0.0525. The molecular weight excluding hydrogens is 250 g/mol. The average Bonchev–Trinajstić information content (AvgIpc) is 2.75. The summed E-state index contributed by atoms with van der Waals surface area (Å²) in [5, 5.41) is 5.22. The predicted octanol–water partition coefficient (Wildman–Crippen LogP) is 3.22. The summed E-state index contributed by atoms with van der Waals surface area (Å²) in [6, 6.07) is 8.23. The number of H-pyrrole nitrogens is 1. The number of nitrogens with one attached hydrogen (secondary N) is 2. The second-order valence-electron chi connectivity index (χ2n) is 5.22. The number of aryl methyl sites for hydroxylation is 1. The second kappa shape index (κ2) is 4.63. The highest BCUT2D eigenvalue weighted by Gasteiger charge is 2.15. The van der Waals surface area contributed by atoms with Crippen molar-refractivity contribution in [1.82, 2.24) is 15.3 Å². The minimum Gasteiger partial charge on any atom is -0.353 e. The van der Waals surface area contributed by atoms with Gasteiger partial charge in [0.25, 0.3) is 0 Å². The number of pyridine rings is 1. The van der Waals surface area contributed by atoms with Crippen molar-refractivity contribution in [3.8, 4) is 0 Å². The van der Waals surface area contributed by atoms with E-state index in [0.717, 1.165) is 22.1 Å². The van der Waals surface area contributed by atoms with E-state index in [1.807, 2.05) is 13.0 Å². The molecule has 0 aliphatic carbocycles. The number of nitrogens with zero attached hydrogens (tertiary/aromatic N) is 1. The van der Waals surface area contributed by atoms with Gasteiger partial charge >= 0.3 is 0 Å². The van der Waals surface area contributed by atoms with Crippen LogP contribution in [-0.4, -0.2) is 15.9 Å². The smallest absolute Gasteiger partial charge is 0.217 e. The van der Waals surface area contributed by atoms with Crippen molar-refractivity contribution in [2.24, 2.45) is 0 Å². The average molecular weight is 267 g/mol. The molecule has 20 heavy (non-hydrogen) atoms. The minimum atomic E-state index is -0.120. The number of aromatic amines is 1. The molecule has 0 saturated heterocycles. The van der Waals surface area contributed by atoms with Crippen molar-refractivity contribution >= 4 is 27.7 Å². The number of benzene rings is 1. The molecule has 3 aromatic rings. The molecule has 3 rings (SSSR count). The lowest BCUT2D eigenvalue weighted by Crippen LogP contribution is -2.24. The van der Waals surface area contributed by atoms with E-state index >= 15 is 0 Å². The van der Waals surface area contributed by atoms with E-state index in [1.54, 1.807) is 6.20 Å². The summed E-state index contributed by atoms with van der Waals surface area (Å²) in [6.07, 6.45) is 1.80. The van der Waals surface area contributed by atoms with Crippen molar-refractivity contribution in [3.05, 3.63) is 41.7 Å². The molecule has 2 N–H and O–H groups in total. The van der Waals surface area contributed by atoms with Crippen LogP contribution in [-0.2, 0) is 4.79 Å². The Morgan fingerprint density at radius 2 is 2.10 bits per heavy atom. The van der Waals surface area contributed by atoms with Crippen LogP contribution in [0.15, 0.2) is 30.5 Å². The maximum absolute atomic E-state index is 11.2. The molecule has 1 amide bonds. The molecule has 0 spiro atoms. The number of rotatable bonds is 2. The van der Waals surface area contributed by atoms with Crippen LogP contribution >= 0.6 is 0 Å². The Bertz CT molecular complexity index is 804. The van der Waals surface area contributed by atoms with Crippen molar-refractivity contribution < 1.29 is 4.79 Å². The largest absolute Gasteiger partial charge is 0.353 e. The number of amides is 1. The minimum absolute atomic E-state index is 0.0525. The van der Waals surface area contributed by atoms with Crippen molar-refractivity contribution in [2.75, 3.05) is 0 Å². The Labute approximate surface area is 117 Å². The summed E-state index contributed by atoms with van der Waals surface area (Å²) in [6.45, 7) is 5.55. The summed E-state index contributed by atoms with van der Waals surface area (Å²) < 4.78 is 0. The lowest BCUT2D eigenvalue weighted by atomic mass is 10.1. The van der Waals surface area contributed by atoms with E-state index in [-0.39, 0.29) is 11.9 Å². The maximum Gasteiger partial charge on any atom is 0.217 e. The Morgan fingerprint density at radius 3 is 2.85 bits per heavy atom. The molecule has 0 bridgehead atoms. The number of fused-ring (bicyclic) bond motifs is 3. The molecule has 0 fully saturated rings. The van der Waals surface area contributed by atoms with Crippen LogP contribution in [0.4, 0.5) is 0 Å². The molecule has 0 aliphatic heterocycles. The molecule has 102 valence electrons. The van der Waals surface area contributed by atoms with Gasteiger partial charge in [-0.1, -0.05) is 11.6 Å². The number of aromatic nitrogens is 2. The van der Waals surface area contributed by atoms with Gasteiger partial charge in [-0.05, 0) is 32.0 Å². The highest BCUT2D eigenvalue weighted by atomic mass is 16.1. The fraction of sp³-hybridized carbons (Fsp3) is 0.250. The molecule has 0 aliphatic rings. The third-order valence-electron chi connectivity index (χ3n) is 3.54. The zero-order chi connectivity index (χ0) is 14.3. The third-order valence-corrected chi connectivity index (χ3v) is 3.54. The number of carbonyl (C=O) groups is 1. The monoisotopic (exact) mass is 267 g/mol. The molecule has 2 aromatic heterocycles. The number of hydrogen-bond donors (Lipinski definition) is 2. The number of hydrogen-bond acceptors (Lipinski definition) is 2. The van der Waals surface area contributed by atoms with Crippen LogP contribution in [0, 0.1) is 6.92 Å². The molecule has 0 radical (unpaired) electrons. The van der Waals surface area contributed by atoms with Gasteiger partial charge in [-0.3, -0.25) is 9.78 Å². The van der Waals surface area contributed by atoms with Gasteiger partial charge in [0.2, 0.25) is 5.91 Å². The summed E-state index contributed by atoms with van der Waals surface area (Å²) in [4.78, 5) is 19.1. The van der Waals surface area contributed by atoms with Crippen LogP contribution in [0.2, 0.25) is 0 Å². The fourth-order valence-electron chi connectivity index (χ4n) is 2.66. The van der Waals surface area contributed by atoms with Crippen LogP contribution in [0.5, 0.6) is 0 Å². The van der Waals surface area contributed by atoms with E-state index in [1.165, 1.54) is 17.9 Å². The van der Waals surface area contributed by atoms with Crippen molar-refractivity contribution in [2.45, 2.75) is 26.8 Å². The van der Waals surface area contributed by atoms with E-state index < -0.39 is 0 Å². The first kappa shape index (κ1) is 12.7. The molecule has 4 heteroatoms. The van der Waals surface area contributed by atoms with Crippen LogP contribution in [0.1, 0.15) is 31.1 Å². The first-order valence-electron chi connectivity index (χ1n) is 6.70. The van der Waals surface area contributed by atoms with E-state index in [0.29, 0.717) is 0 Å². The second-order valence-corrected chi connectivity index (χ2v) is 5.22. The van der Waals surface area contributed by atoms with Gasteiger partial charge in [0.15, 0.2) is 0 Å². The topological polar surface area (TPSA) is 57.8 Å². The highest BCUT2D eigenvalue weighted by molar-refractivity contribution is 6.08. The van der Waals surface area contributed by atoms with Crippen molar-refractivity contribution in [1.29, 1.82) is 0 Å². The standard InChI is InChI=1S/C16H17N3O/c1-9-4-5-14-13(8-9)12-6-7-17-15(16(12)19-14)10(2)18-11(3)20/h4-8,10,19H,1-3H3,(H,18,20)/t10-/m1/s1. The normalized spacial score (nSPS) is 12.8. The van der Waals surface area contributed by atoms with Gasteiger partial charge in [0.1, 0.15) is 0 Å². The Kier molecular flexibility index (Phi) is 2.93. The molecule has 4 nitrogen and oxygen atoms in total. The van der Waals surface area contributed by atoms with Gasteiger partial charge < -0.3 is 10.3 Å².